The van der Waals surface area contributed by atoms with Gasteiger partial charge >= 0.3 is 0 Å². The summed E-state index contributed by atoms with van der Waals surface area (Å²) in [5.41, 5.74) is 0. The van der Waals surface area contributed by atoms with Gasteiger partial charge in [0.1, 0.15) is 0 Å². The molecule has 0 amide bonds. The molecule has 60 valence electrons. The third-order valence-corrected chi connectivity index (χ3v) is 2.31. The van der Waals surface area contributed by atoms with Crippen molar-refractivity contribution < 1.29 is 17.5 Å². The van der Waals surface area contributed by atoms with E-state index in [-0.39, 0.29) is 24.5 Å². The first-order chi connectivity index (χ1) is 4.49. The quantitative estimate of drug-likeness (QED) is 0.633. The van der Waals surface area contributed by atoms with Crippen LogP contribution >= 0.6 is 0 Å². The molecular weight excluding hydrogens is 162 g/mol. The molecule has 0 aliphatic heterocycles. The molecule has 0 bridgehead atoms. The molecule has 1 N–H and O–H groups in total. The summed E-state index contributed by atoms with van der Waals surface area (Å²) in [6.45, 7) is 0. The van der Waals surface area contributed by atoms with Crippen LogP contribution in [0.25, 0.3) is 0 Å². The molecule has 1 rings (SSSR count). The van der Waals surface area contributed by atoms with Crippen molar-refractivity contribution in [3.63, 3.8) is 0 Å². The fourth-order valence-corrected chi connectivity index (χ4v) is 1.74. The van der Waals surface area contributed by atoms with Crippen molar-refractivity contribution in [1.82, 2.24) is 0 Å². The van der Waals surface area contributed by atoms with E-state index in [4.69, 9.17) is 4.55 Å². The minimum atomic E-state index is -2.57. The number of rotatable bonds is 2. The van der Waals surface area contributed by atoms with E-state index in [2.05, 4.69) is 0 Å². The average molecular weight is 170 g/mol. The van der Waals surface area contributed by atoms with Crippen LogP contribution in [-0.2, 0) is 11.1 Å². The number of hydrogen-bond donors (Lipinski definition) is 1. The first kappa shape index (κ1) is 8.07. The second-order valence-corrected chi connectivity index (χ2v) is 3.59. The molecule has 1 aliphatic carbocycles. The third kappa shape index (κ3) is 1.98. The molecule has 0 heterocycles. The maximum atomic E-state index is 12.1. The van der Waals surface area contributed by atoms with Gasteiger partial charge in [0.05, 0.1) is 5.75 Å². The van der Waals surface area contributed by atoms with Crippen LogP contribution in [0.1, 0.15) is 12.8 Å². The highest BCUT2D eigenvalue weighted by Gasteiger charge is 2.45. The van der Waals surface area contributed by atoms with Gasteiger partial charge in [-0.25, -0.2) is 13.0 Å². The van der Waals surface area contributed by atoms with Gasteiger partial charge in [-0.1, -0.05) is 0 Å². The Labute approximate surface area is 59.9 Å². The van der Waals surface area contributed by atoms with E-state index in [1.165, 1.54) is 0 Å². The molecule has 10 heavy (non-hydrogen) atoms. The lowest BCUT2D eigenvalue weighted by atomic mass is 9.83. The zero-order valence-electron chi connectivity index (χ0n) is 5.22. The largest absolute Gasteiger partial charge is 0.306 e. The van der Waals surface area contributed by atoms with Gasteiger partial charge in [-0.05, 0) is 5.92 Å². The van der Waals surface area contributed by atoms with Crippen LogP contribution < -0.4 is 0 Å². The SMILES string of the molecule is O=S(O)CC1CC(F)(F)C1. The van der Waals surface area contributed by atoms with Crippen LogP contribution in [0, 0.1) is 5.92 Å². The summed E-state index contributed by atoms with van der Waals surface area (Å²) >= 11 is -1.91. The van der Waals surface area contributed by atoms with E-state index in [1.807, 2.05) is 0 Å². The minimum absolute atomic E-state index is 0.00438. The summed E-state index contributed by atoms with van der Waals surface area (Å²) in [7, 11) is 0. The Balaban J connectivity index is 2.21. The summed E-state index contributed by atoms with van der Waals surface area (Å²) in [5.74, 6) is -2.82. The minimum Gasteiger partial charge on any atom is -0.306 e. The highest BCUT2D eigenvalue weighted by molar-refractivity contribution is 7.79. The normalized spacial score (nSPS) is 27.5. The Morgan fingerprint density at radius 3 is 2.40 bits per heavy atom. The van der Waals surface area contributed by atoms with Crippen LogP contribution in [0.4, 0.5) is 8.78 Å². The lowest BCUT2D eigenvalue weighted by molar-refractivity contribution is -0.103. The molecule has 2 nitrogen and oxygen atoms in total. The van der Waals surface area contributed by atoms with E-state index < -0.39 is 17.0 Å². The summed E-state index contributed by atoms with van der Waals surface area (Å²) in [5, 5.41) is 0. The van der Waals surface area contributed by atoms with Crippen LogP contribution in [0.15, 0.2) is 0 Å². The van der Waals surface area contributed by atoms with Crippen LogP contribution in [0.2, 0.25) is 0 Å². The van der Waals surface area contributed by atoms with Crippen molar-refractivity contribution in [2.45, 2.75) is 18.8 Å². The summed E-state index contributed by atoms with van der Waals surface area (Å²) in [6, 6.07) is 0. The van der Waals surface area contributed by atoms with E-state index in [9.17, 15) is 13.0 Å². The summed E-state index contributed by atoms with van der Waals surface area (Å²) in [6.07, 6.45) is -0.446. The molecule has 0 saturated heterocycles. The predicted octanol–water partition coefficient (Wildman–Crippen LogP) is 1.25. The van der Waals surface area contributed by atoms with Gasteiger partial charge in [0, 0.05) is 12.8 Å². The Morgan fingerprint density at radius 1 is 1.60 bits per heavy atom. The van der Waals surface area contributed by atoms with Gasteiger partial charge in [-0.15, -0.1) is 0 Å². The number of halogens is 2. The van der Waals surface area contributed by atoms with E-state index in [0.29, 0.717) is 0 Å². The van der Waals surface area contributed by atoms with E-state index in [0.717, 1.165) is 0 Å². The molecule has 0 radical (unpaired) electrons. The zero-order valence-corrected chi connectivity index (χ0v) is 6.03. The number of hydrogen-bond acceptors (Lipinski definition) is 1. The van der Waals surface area contributed by atoms with Crippen molar-refractivity contribution in [2.24, 2.45) is 5.92 Å². The second kappa shape index (κ2) is 2.54. The Morgan fingerprint density at radius 2 is 2.10 bits per heavy atom. The first-order valence-corrected chi connectivity index (χ1v) is 4.22. The van der Waals surface area contributed by atoms with Crippen LogP contribution in [-0.4, -0.2) is 20.4 Å². The van der Waals surface area contributed by atoms with Gasteiger partial charge < -0.3 is 4.55 Å². The monoisotopic (exact) mass is 170 g/mol. The summed E-state index contributed by atoms with van der Waals surface area (Å²) < 4.78 is 42.5. The molecule has 0 aromatic carbocycles. The maximum absolute atomic E-state index is 12.1. The van der Waals surface area contributed by atoms with E-state index in [1.54, 1.807) is 0 Å². The highest BCUT2D eigenvalue weighted by atomic mass is 32.2. The summed E-state index contributed by atoms with van der Waals surface area (Å²) in [4.78, 5) is 0. The molecule has 5 heteroatoms. The van der Waals surface area contributed by atoms with Crippen LogP contribution in [0.5, 0.6) is 0 Å². The topological polar surface area (TPSA) is 37.3 Å². The molecular formula is C5H8F2O2S. The molecule has 0 aromatic heterocycles. The molecule has 1 aliphatic rings. The number of alkyl halides is 2. The van der Waals surface area contributed by atoms with Gasteiger partial charge in [0.25, 0.3) is 0 Å². The second-order valence-electron chi connectivity index (χ2n) is 2.62. The van der Waals surface area contributed by atoms with E-state index >= 15 is 0 Å². The molecule has 1 atom stereocenters. The van der Waals surface area contributed by atoms with Gasteiger partial charge in [-0.3, -0.25) is 0 Å². The molecule has 1 unspecified atom stereocenters. The van der Waals surface area contributed by atoms with Gasteiger partial charge in [0.15, 0.2) is 11.1 Å². The van der Waals surface area contributed by atoms with Gasteiger partial charge in [-0.2, -0.15) is 0 Å². The molecule has 0 aromatic rings. The molecule has 0 spiro atoms. The highest BCUT2D eigenvalue weighted by Crippen LogP contribution is 2.42. The maximum Gasteiger partial charge on any atom is 0.248 e. The fraction of sp³-hybridized carbons (Fsp3) is 1.00. The lowest BCUT2D eigenvalue weighted by Gasteiger charge is -2.33. The standard InChI is InChI=1S/C5H8F2O2S/c6-5(7)1-4(2-5)3-10(8)9/h4H,1-3H2,(H,8,9). The third-order valence-electron chi connectivity index (χ3n) is 1.55. The lowest BCUT2D eigenvalue weighted by Crippen LogP contribution is -2.38. The van der Waals surface area contributed by atoms with Crippen molar-refractivity contribution in [1.29, 1.82) is 0 Å². The van der Waals surface area contributed by atoms with Crippen molar-refractivity contribution in [3.8, 4) is 0 Å². The fourth-order valence-electron chi connectivity index (χ4n) is 1.10. The van der Waals surface area contributed by atoms with Crippen LogP contribution in [0.3, 0.4) is 0 Å². The Kier molecular flexibility index (Phi) is 2.05. The van der Waals surface area contributed by atoms with Crippen molar-refractivity contribution >= 4 is 11.1 Å². The van der Waals surface area contributed by atoms with Crippen molar-refractivity contribution in [3.05, 3.63) is 0 Å². The average Bonchev–Trinajstić information content (AvgIpc) is 1.57. The molecule has 1 saturated carbocycles. The van der Waals surface area contributed by atoms with Crippen molar-refractivity contribution in [2.75, 3.05) is 5.75 Å². The zero-order chi connectivity index (χ0) is 7.78. The first-order valence-electron chi connectivity index (χ1n) is 2.95. The predicted molar refractivity (Wildman–Crippen MR) is 33.3 cm³/mol. The van der Waals surface area contributed by atoms with Gasteiger partial charge in [0.2, 0.25) is 5.92 Å². The smallest absolute Gasteiger partial charge is 0.248 e. The Bertz CT molecular complexity index is 152. The molecule has 1 fully saturated rings. The Hall–Kier alpha value is -0.0300.